The fourth-order valence-corrected chi connectivity index (χ4v) is 0.673. The van der Waals surface area contributed by atoms with Crippen LogP contribution in [0.5, 0.6) is 0 Å². The van der Waals surface area contributed by atoms with Crippen LogP contribution in [0.3, 0.4) is 0 Å². The average Bonchev–Trinajstić information content (AvgIpc) is 1.97. The van der Waals surface area contributed by atoms with Crippen LogP contribution in [-0.2, 0) is 9.63 Å². The van der Waals surface area contributed by atoms with Gasteiger partial charge in [0.2, 0.25) is 0 Å². The zero-order valence-corrected chi connectivity index (χ0v) is 6.32. The lowest BCUT2D eigenvalue weighted by atomic mass is 10.1. The summed E-state index contributed by atoms with van der Waals surface area (Å²) in [6, 6.07) is -0.757. The quantitative estimate of drug-likeness (QED) is 0.360. The molecular formula is C6H14N2O3. The van der Waals surface area contributed by atoms with Gasteiger partial charge in [-0.2, -0.15) is 0 Å². The maximum atomic E-state index is 10.2. The molecule has 0 bridgehead atoms. The standard InChI is InChI=1S/C6H14N2O3/c7-5(6(9)10)3-1-2-4-11-8/h5H,1-4,7-8H2,(H,9,10)/t5-/m0/s1. The zero-order valence-electron chi connectivity index (χ0n) is 6.32. The second-order valence-corrected chi connectivity index (χ2v) is 2.31. The summed E-state index contributed by atoms with van der Waals surface area (Å²) in [5.41, 5.74) is 5.23. The van der Waals surface area contributed by atoms with E-state index < -0.39 is 12.0 Å². The lowest BCUT2D eigenvalue weighted by molar-refractivity contribution is -0.138. The zero-order chi connectivity index (χ0) is 8.69. The summed E-state index contributed by atoms with van der Waals surface area (Å²) in [6.07, 6.45) is 1.95. The van der Waals surface area contributed by atoms with Crippen LogP contribution >= 0.6 is 0 Å². The fourth-order valence-electron chi connectivity index (χ4n) is 0.673. The highest BCUT2D eigenvalue weighted by molar-refractivity contribution is 5.72. The Balaban J connectivity index is 3.17. The number of hydrogen-bond acceptors (Lipinski definition) is 4. The molecule has 0 radical (unpaired) electrons. The summed E-state index contributed by atoms with van der Waals surface area (Å²) in [5, 5.41) is 8.36. The summed E-state index contributed by atoms with van der Waals surface area (Å²) in [7, 11) is 0. The maximum Gasteiger partial charge on any atom is 0.320 e. The summed E-state index contributed by atoms with van der Waals surface area (Å²) in [4.78, 5) is 14.5. The highest BCUT2D eigenvalue weighted by atomic mass is 16.6. The van der Waals surface area contributed by atoms with Crippen molar-refractivity contribution in [1.82, 2.24) is 0 Å². The van der Waals surface area contributed by atoms with E-state index in [1.54, 1.807) is 0 Å². The predicted octanol–water partition coefficient (Wildman–Crippen LogP) is -0.541. The number of carboxylic acids is 1. The Bertz CT molecular complexity index is 118. The van der Waals surface area contributed by atoms with Crippen molar-refractivity contribution in [3.8, 4) is 0 Å². The minimum absolute atomic E-state index is 0.451. The van der Waals surface area contributed by atoms with Crippen molar-refractivity contribution in [1.29, 1.82) is 0 Å². The van der Waals surface area contributed by atoms with E-state index in [1.807, 2.05) is 0 Å². The highest BCUT2D eigenvalue weighted by Crippen LogP contribution is 1.98. The predicted molar refractivity (Wildman–Crippen MR) is 39.6 cm³/mol. The molecule has 0 fully saturated rings. The Morgan fingerprint density at radius 1 is 1.55 bits per heavy atom. The first-order chi connectivity index (χ1) is 5.18. The lowest BCUT2D eigenvalue weighted by Crippen LogP contribution is -2.29. The van der Waals surface area contributed by atoms with Crippen LogP contribution in [0.4, 0.5) is 0 Å². The molecule has 0 aromatic rings. The average molecular weight is 162 g/mol. The molecule has 0 spiro atoms. The van der Waals surface area contributed by atoms with Gasteiger partial charge in [-0.1, -0.05) is 0 Å². The molecule has 0 aromatic carbocycles. The first kappa shape index (κ1) is 10.3. The molecule has 0 rings (SSSR count). The SMILES string of the molecule is NOCCCC[C@H](N)C(=O)O. The molecule has 1 atom stereocenters. The molecule has 5 N–H and O–H groups in total. The molecule has 66 valence electrons. The maximum absolute atomic E-state index is 10.2. The van der Waals surface area contributed by atoms with Gasteiger partial charge < -0.3 is 15.7 Å². The van der Waals surface area contributed by atoms with Gasteiger partial charge in [0, 0.05) is 0 Å². The van der Waals surface area contributed by atoms with E-state index in [2.05, 4.69) is 4.84 Å². The van der Waals surface area contributed by atoms with Crippen LogP contribution in [0.15, 0.2) is 0 Å². The van der Waals surface area contributed by atoms with E-state index in [-0.39, 0.29) is 0 Å². The van der Waals surface area contributed by atoms with Gasteiger partial charge >= 0.3 is 5.97 Å². The molecule has 0 aliphatic rings. The van der Waals surface area contributed by atoms with Gasteiger partial charge in [0.25, 0.3) is 0 Å². The van der Waals surface area contributed by atoms with E-state index in [9.17, 15) is 4.79 Å². The third kappa shape index (κ3) is 5.78. The Morgan fingerprint density at radius 3 is 2.64 bits per heavy atom. The van der Waals surface area contributed by atoms with Crippen LogP contribution in [0, 0.1) is 0 Å². The van der Waals surface area contributed by atoms with Crippen molar-refractivity contribution in [3.63, 3.8) is 0 Å². The van der Waals surface area contributed by atoms with Crippen molar-refractivity contribution in [2.45, 2.75) is 25.3 Å². The number of aliphatic carboxylic acids is 1. The molecule has 0 unspecified atom stereocenters. The second kappa shape index (κ2) is 6.09. The first-order valence-corrected chi connectivity index (χ1v) is 3.48. The van der Waals surface area contributed by atoms with Gasteiger partial charge in [0.15, 0.2) is 0 Å². The molecule has 5 nitrogen and oxygen atoms in total. The monoisotopic (exact) mass is 162 g/mol. The van der Waals surface area contributed by atoms with Crippen LogP contribution < -0.4 is 11.6 Å². The minimum Gasteiger partial charge on any atom is -0.480 e. The molecular weight excluding hydrogens is 148 g/mol. The summed E-state index contributed by atoms with van der Waals surface area (Å²) < 4.78 is 0. The number of carboxylic acid groups (broad SMARTS) is 1. The molecule has 11 heavy (non-hydrogen) atoms. The molecule has 0 aliphatic heterocycles. The molecule has 5 heteroatoms. The van der Waals surface area contributed by atoms with E-state index in [4.69, 9.17) is 16.7 Å². The number of unbranched alkanes of at least 4 members (excludes halogenated alkanes) is 1. The largest absolute Gasteiger partial charge is 0.480 e. The van der Waals surface area contributed by atoms with Crippen LogP contribution in [0.25, 0.3) is 0 Å². The molecule has 0 amide bonds. The summed E-state index contributed by atoms with van der Waals surface area (Å²) in [6.45, 7) is 0.451. The van der Waals surface area contributed by atoms with Crippen LogP contribution in [0.2, 0.25) is 0 Å². The van der Waals surface area contributed by atoms with Crippen LogP contribution in [-0.4, -0.2) is 23.7 Å². The van der Waals surface area contributed by atoms with Crippen molar-refractivity contribution in [2.24, 2.45) is 11.6 Å². The summed E-state index contributed by atoms with van der Waals surface area (Å²) in [5.74, 6) is 3.80. The molecule has 0 aliphatic carbocycles. The van der Waals surface area contributed by atoms with Gasteiger partial charge in [-0.05, 0) is 19.3 Å². The van der Waals surface area contributed by atoms with Crippen molar-refractivity contribution < 1.29 is 14.7 Å². The normalized spacial score (nSPS) is 12.9. The summed E-state index contributed by atoms with van der Waals surface area (Å²) >= 11 is 0. The Kier molecular flexibility index (Phi) is 5.73. The van der Waals surface area contributed by atoms with Gasteiger partial charge in [-0.3, -0.25) is 4.79 Å². The number of hydrogen-bond donors (Lipinski definition) is 3. The second-order valence-electron chi connectivity index (χ2n) is 2.31. The Morgan fingerprint density at radius 2 is 2.18 bits per heavy atom. The molecule has 0 saturated heterocycles. The van der Waals surface area contributed by atoms with E-state index >= 15 is 0 Å². The van der Waals surface area contributed by atoms with E-state index in [0.29, 0.717) is 13.0 Å². The van der Waals surface area contributed by atoms with Gasteiger partial charge in [-0.15, -0.1) is 0 Å². The smallest absolute Gasteiger partial charge is 0.320 e. The van der Waals surface area contributed by atoms with Crippen molar-refractivity contribution >= 4 is 5.97 Å². The third-order valence-corrected chi connectivity index (χ3v) is 1.34. The van der Waals surface area contributed by atoms with Gasteiger partial charge in [0.1, 0.15) is 6.04 Å². The van der Waals surface area contributed by atoms with E-state index in [1.165, 1.54) is 0 Å². The molecule has 0 heterocycles. The van der Waals surface area contributed by atoms with Crippen molar-refractivity contribution in [3.05, 3.63) is 0 Å². The first-order valence-electron chi connectivity index (χ1n) is 3.48. The van der Waals surface area contributed by atoms with Crippen molar-refractivity contribution in [2.75, 3.05) is 6.61 Å². The third-order valence-electron chi connectivity index (χ3n) is 1.34. The molecule has 0 aromatic heterocycles. The van der Waals surface area contributed by atoms with Gasteiger partial charge in [-0.25, -0.2) is 5.90 Å². The molecule has 0 saturated carbocycles. The number of rotatable bonds is 6. The fraction of sp³-hybridized carbons (Fsp3) is 0.833. The highest BCUT2D eigenvalue weighted by Gasteiger charge is 2.09. The Labute approximate surface area is 65.3 Å². The van der Waals surface area contributed by atoms with Gasteiger partial charge in [0.05, 0.1) is 6.61 Å². The lowest BCUT2D eigenvalue weighted by Gasteiger charge is -2.04. The topological polar surface area (TPSA) is 98.6 Å². The van der Waals surface area contributed by atoms with E-state index in [0.717, 1.165) is 12.8 Å². The van der Waals surface area contributed by atoms with Crippen LogP contribution in [0.1, 0.15) is 19.3 Å². The minimum atomic E-state index is -0.960. The number of nitrogens with two attached hydrogens (primary N) is 2. The Hall–Kier alpha value is -0.650. The number of carbonyl (C=O) groups is 1.